The van der Waals surface area contributed by atoms with Gasteiger partial charge in [-0.05, 0) is 68.1 Å². The lowest BCUT2D eigenvalue weighted by Gasteiger charge is -2.45. The molecule has 0 N–H and O–H groups in total. The van der Waals surface area contributed by atoms with Gasteiger partial charge < -0.3 is 25.4 Å². The molecule has 0 radical (unpaired) electrons. The van der Waals surface area contributed by atoms with E-state index in [2.05, 4.69) is 48.5 Å². The number of quaternary nitrogens is 1. The van der Waals surface area contributed by atoms with Crippen molar-refractivity contribution in [3.8, 4) is 11.5 Å². The van der Waals surface area contributed by atoms with E-state index in [1.807, 2.05) is 0 Å². The van der Waals surface area contributed by atoms with Gasteiger partial charge in [0.2, 0.25) is 0 Å². The number of hydrogen-bond donors (Lipinski definition) is 0. The fraction of sp³-hybridized carbons (Fsp3) is 0.639. The number of nitrogens with zero attached hydrogens (tertiary/aromatic N) is 1. The van der Waals surface area contributed by atoms with Crippen LogP contribution in [0.25, 0.3) is 0 Å². The molecule has 0 aromatic heterocycles. The lowest BCUT2D eigenvalue weighted by molar-refractivity contribution is -0.957. The van der Waals surface area contributed by atoms with Gasteiger partial charge in [-0.2, -0.15) is 6.42 Å². The highest BCUT2D eigenvalue weighted by molar-refractivity contribution is 6.38. The van der Waals surface area contributed by atoms with Crippen molar-refractivity contribution in [3.63, 3.8) is 0 Å². The van der Waals surface area contributed by atoms with Gasteiger partial charge in [0.1, 0.15) is 29.2 Å². The largest absolute Gasteiger partial charge is 0.788 e. The zero-order chi connectivity index (χ0) is 31.9. The van der Waals surface area contributed by atoms with Crippen LogP contribution in [-0.4, -0.2) is 38.0 Å². The van der Waals surface area contributed by atoms with Crippen LogP contribution in [0.1, 0.15) is 130 Å². The maximum Gasteiger partial charge on any atom is 0.788 e. The molecule has 0 spiro atoms. The van der Waals surface area contributed by atoms with E-state index in [4.69, 9.17) is 14.0 Å². The Kier molecular flexibility index (Phi) is 21.1. The predicted molar refractivity (Wildman–Crippen MR) is 178 cm³/mol. The first kappa shape index (κ1) is 38.9. The molecule has 4 nitrogen and oxygen atoms in total. The monoisotopic (exact) mass is 603 g/mol. The summed E-state index contributed by atoms with van der Waals surface area (Å²) >= 11 is 0. The standard InChI is InChI=1S/C30H47BF2NO3.C6H13/c1-6-11-12-13-23-35-31(36-27-17-14-25(32)15-18-27)37-30-19-16-26(33)24-28(30)29(10-5)34(20-7-2,21-8-3)22-9-4;1-3-5-6-4-2/h14-19,24,29H,6-13,20-23H2,1-5H3;1,3-6H2,2H3/q+1;-1. The van der Waals surface area contributed by atoms with Crippen LogP contribution >= 0.6 is 0 Å². The summed E-state index contributed by atoms with van der Waals surface area (Å²) in [6.07, 6.45) is 13.3. The lowest BCUT2D eigenvalue weighted by atomic mass is 9.96. The molecule has 0 heterocycles. The van der Waals surface area contributed by atoms with Crippen LogP contribution in [0.2, 0.25) is 0 Å². The Balaban J connectivity index is 0.00000139. The van der Waals surface area contributed by atoms with Crippen molar-refractivity contribution in [2.24, 2.45) is 0 Å². The number of rotatable bonds is 22. The highest BCUT2D eigenvalue weighted by atomic mass is 19.1. The molecule has 0 amide bonds. The van der Waals surface area contributed by atoms with E-state index in [0.29, 0.717) is 18.1 Å². The third-order valence-corrected chi connectivity index (χ3v) is 7.76. The number of benzene rings is 2. The van der Waals surface area contributed by atoms with Crippen molar-refractivity contribution in [1.29, 1.82) is 0 Å². The van der Waals surface area contributed by atoms with Crippen molar-refractivity contribution in [3.05, 3.63) is 66.6 Å². The van der Waals surface area contributed by atoms with Gasteiger partial charge >= 0.3 is 7.32 Å². The molecule has 2 aromatic rings. The summed E-state index contributed by atoms with van der Waals surface area (Å²) in [5, 5.41) is 0. The van der Waals surface area contributed by atoms with Crippen molar-refractivity contribution in [1.82, 2.24) is 0 Å². The summed E-state index contributed by atoms with van der Waals surface area (Å²) in [5.74, 6) is 0.400. The summed E-state index contributed by atoms with van der Waals surface area (Å²) in [6, 6.07) is 10.6. The molecule has 0 saturated carbocycles. The van der Waals surface area contributed by atoms with Gasteiger partial charge in [0.25, 0.3) is 0 Å². The van der Waals surface area contributed by atoms with Gasteiger partial charge in [-0.3, -0.25) is 0 Å². The molecular formula is C36H60BF2NO3. The molecule has 2 rings (SSSR count). The predicted octanol–water partition coefficient (Wildman–Crippen LogP) is 10.9. The van der Waals surface area contributed by atoms with Crippen LogP contribution in [0.3, 0.4) is 0 Å². The molecule has 43 heavy (non-hydrogen) atoms. The Labute approximate surface area is 263 Å². The molecule has 0 aliphatic rings. The van der Waals surface area contributed by atoms with Gasteiger partial charge in [0.15, 0.2) is 0 Å². The SMILES string of the molecule is CCCCCCOB(Oc1ccc(F)cc1)Oc1ccc(F)cc1C(CC)[N+](CCC)(CCC)CCC.[CH2-]CCCCC. The lowest BCUT2D eigenvalue weighted by Crippen LogP contribution is -2.52. The fourth-order valence-electron chi connectivity index (χ4n) is 5.88. The Morgan fingerprint density at radius 3 is 1.79 bits per heavy atom. The normalized spacial score (nSPS) is 11.9. The summed E-state index contributed by atoms with van der Waals surface area (Å²) in [5.41, 5.74) is 0.847. The van der Waals surface area contributed by atoms with Crippen molar-refractivity contribution < 1.29 is 27.2 Å². The molecule has 244 valence electrons. The summed E-state index contributed by atoms with van der Waals surface area (Å²) < 4.78 is 47.4. The second-order valence-electron chi connectivity index (χ2n) is 11.5. The van der Waals surface area contributed by atoms with Crippen molar-refractivity contribution in [2.75, 3.05) is 26.2 Å². The number of halogens is 2. The summed E-state index contributed by atoms with van der Waals surface area (Å²) in [6.45, 7) is 20.5. The van der Waals surface area contributed by atoms with Crippen LogP contribution in [0.5, 0.6) is 11.5 Å². The Bertz CT molecular complexity index is 939. The van der Waals surface area contributed by atoms with Crippen LogP contribution in [0.4, 0.5) is 8.78 Å². The minimum absolute atomic E-state index is 0.0848. The van der Waals surface area contributed by atoms with E-state index >= 15 is 0 Å². The minimum Gasteiger partial charge on any atom is -0.501 e. The molecule has 1 atom stereocenters. The van der Waals surface area contributed by atoms with Gasteiger partial charge in [0.05, 0.1) is 25.2 Å². The Morgan fingerprint density at radius 2 is 1.28 bits per heavy atom. The van der Waals surface area contributed by atoms with E-state index in [0.717, 1.165) is 87.5 Å². The molecule has 0 bridgehead atoms. The number of unbranched alkanes of at least 4 members (excludes halogenated alkanes) is 6. The highest BCUT2D eigenvalue weighted by Crippen LogP contribution is 2.39. The summed E-state index contributed by atoms with van der Waals surface area (Å²) in [7, 11) is -1.03. The van der Waals surface area contributed by atoms with Gasteiger partial charge in [-0.25, -0.2) is 8.78 Å². The first-order chi connectivity index (χ1) is 20.8. The molecule has 7 heteroatoms. The van der Waals surface area contributed by atoms with E-state index < -0.39 is 7.32 Å². The maximum atomic E-state index is 14.7. The van der Waals surface area contributed by atoms with Gasteiger partial charge in [-0.1, -0.05) is 80.1 Å². The maximum absolute atomic E-state index is 14.7. The first-order valence-corrected chi connectivity index (χ1v) is 17.0. The fourth-order valence-corrected chi connectivity index (χ4v) is 5.88. The Morgan fingerprint density at radius 1 is 0.698 bits per heavy atom. The number of hydrogen-bond acceptors (Lipinski definition) is 3. The first-order valence-electron chi connectivity index (χ1n) is 17.0. The smallest absolute Gasteiger partial charge is 0.501 e. The van der Waals surface area contributed by atoms with Crippen LogP contribution in [0, 0.1) is 18.6 Å². The average molecular weight is 604 g/mol. The molecule has 0 fully saturated rings. The van der Waals surface area contributed by atoms with Crippen molar-refractivity contribution >= 4 is 7.32 Å². The molecule has 0 aliphatic carbocycles. The topological polar surface area (TPSA) is 27.7 Å². The zero-order valence-electron chi connectivity index (χ0n) is 28.1. The molecule has 1 unspecified atom stereocenters. The van der Waals surface area contributed by atoms with E-state index in [-0.39, 0.29) is 17.7 Å². The molecule has 0 saturated heterocycles. The highest BCUT2D eigenvalue weighted by Gasteiger charge is 2.38. The molecule has 2 aromatic carbocycles. The van der Waals surface area contributed by atoms with E-state index in [1.165, 1.54) is 37.5 Å². The molecular weight excluding hydrogens is 543 g/mol. The third kappa shape index (κ3) is 14.5. The van der Waals surface area contributed by atoms with Gasteiger partial charge in [0, 0.05) is 13.0 Å². The third-order valence-electron chi connectivity index (χ3n) is 7.76. The minimum atomic E-state index is -1.03. The van der Waals surface area contributed by atoms with Crippen molar-refractivity contribution in [2.45, 2.75) is 125 Å². The molecule has 0 aliphatic heterocycles. The van der Waals surface area contributed by atoms with E-state index in [1.54, 1.807) is 24.3 Å². The van der Waals surface area contributed by atoms with Crippen LogP contribution in [-0.2, 0) is 4.65 Å². The van der Waals surface area contributed by atoms with E-state index in [9.17, 15) is 8.78 Å². The second-order valence-corrected chi connectivity index (χ2v) is 11.5. The quantitative estimate of drug-likeness (QED) is 0.0580. The van der Waals surface area contributed by atoms with Gasteiger partial charge in [-0.15, -0.1) is 0 Å². The zero-order valence-corrected chi connectivity index (χ0v) is 28.1. The average Bonchev–Trinajstić information content (AvgIpc) is 2.99. The summed E-state index contributed by atoms with van der Waals surface area (Å²) in [4.78, 5) is 0. The van der Waals surface area contributed by atoms with Crippen LogP contribution < -0.4 is 9.31 Å². The second kappa shape index (κ2) is 23.3. The Hall–Kier alpha value is -2.12. The van der Waals surface area contributed by atoms with Crippen LogP contribution in [0.15, 0.2) is 42.5 Å².